The summed E-state index contributed by atoms with van der Waals surface area (Å²) in [7, 11) is 0. The number of fused-ring (bicyclic) bond motifs is 1. The highest BCUT2D eigenvalue weighted by molar-refractivity contribution is 5.92. The van der Waals surface area contributed by atoms with Gasteiger partial charge in [-0.15, -0.1) is 0 Å². The van der Waals surface area contributed by atoms with Crippen molar-refractivity contribution in [2.24, 2.45) is 5.92 Å². The predicted octanol–water partition coefficient (Wildman–Crippen LogP) is 1.86. The van der Waals surface area contributed by atoms with Crippen LogP contribution in [0.5, 0.6) is 0 Å². The summed E-state index contributed by atoms with van der Waals surface area (Å²) in [4.78, 5) is 12.2. The van der Waals surface area contributed by atoms with E-state index in [1.807, 2.05) is 31.2 Å². The number of aromatic amines is 1. The smallest absolute Gasteiger partial charge is 0.227 e. The third kappa shape index (κ3) is 2.50. The van der Waals surface area contributed by atoms with Crippen LogP contribution < -0.4 is 5.32 Å². The molecule has 1 aliphatic rings. The number of nitrogens with zero attached hydrogens (tertiary/aromatic N) is 2. The van der Waals surface area contributed by atoms with Gasteiger partial charge in [-0.3, -0.25) is 4.79 Å². The van der Waals surface area contributed by atoms with Gasteiger partial charge in [0.05, 0.1) is 11.4 Å². The molecule has 0 aliphatic heterocycles. The Morgan fingerprint density at radius 2 is 2.00 bits per heavy atom. The molecule has 5 heteroatoms. The number of nitrogens with one attached hydrogen (secondary N) is 2. The van der Waals surface area contributed by atoms with Gasteiger partial charge in [-0.1, -0.05) is 17.7 Å². The van der Waals surface area contributed by atoms with Gasteiger partial charge >= 0.3 is 0 Å². The summed E-state index contributed by atoms with van der Waals surface area (Å²) in [6.45, 7) is 2.03. The quantitative estimate of drug-likeness (QED) is 0.861. The number of amides is 1. The van der Waals surface area contributed by atoms with Crippen molar-refractivity contribution >= 4 is 11.6 Å². The predicted molar refractivity (Wildman–Crippen MR) is 71.7 cm³/mol. The molecule has 1 aliphatic carbocycles. The largest absolute Gasteiger partial charge is 0.326 e. The maximum absolute atomic E-state index is 12.2. The molecule has 2 aromatic rings. The first-order valence-corrected chi connectivity index (χ1v) is 6.48. The molecule has 1 heterocycles. The molecular formula is C14H16N4O. The summed E-state index contributed by atoms with van der Waals surface area (Å²) in [6.07, 6.45) is 2.32. The second kappa shape index (κ2) is 4.84. The molecule has 1 atom stereocenters. The third-order valence-corrected chi connectivity index (χ3v) is 3.56. The number of hydrogen-bond donors (Lipinski definition) is 2. The molecule has 0 bridgehead atoms. The number of anilines is 1. The normalized spacial score (nSPS) is 17.8. The van der Waals surface area contributed by atoms with Gasteiger partial charge < -0.3 is 5.32 Å². The van der Waals surface area contributed by atoms with E-state index in [4.69, 9.17) is 0 Å². The lowest BCUT2D eigenvalue weighted by atomic mass is 9.89. The van der Waals surface area contributed by atoms with Crippen molar-refractivity contribution in [2.75, 3.05) is 5.32 Å². The fourth-order valence-electron chi connectivity index (χ4n) is 2.39. The average Bonchev–Trinajstić information content (AvgIpc) is 2.88. The Labute approximate surface area is 111 Å². The maximum Gasteiger partial charge on any atom is 0.227 e. The molecule has 3 rings (SSSR count). The van der Waals surface area contributed by atoms with E-state index in [1.165, 1.54) is 5.56 Å². The second-order valence-electron chi connectivity index (χ2n) is 5.01. The highest BCUT2D eigenvalue weighted by Crippen LogP contribution is 2.23. The van der Waals surface area contributed by atoms with Crippen LogP contribution >= 0.6 is 0 Å². The maximum atomic E-state index is 12.2. The number of aryl methyl sites for hydroxylation is 2. The molecule has 0 saturated carbocycles. The minimum atomic E-state index is -0.0149. The molecule has 98 valence electrons. The zero-order chi connectivity index (χ0) is 13.2. The van der Waals surface area contributed by atoms with Gasteiger partial charge in [0.1, 0.15) is 0 Å². The highest BCUT2D eigenvalue weighted by Gasteiger charge is 2.27. The van der Waals surface area contributed by atoms with E-state index in [2.05, 4.69) is 20.7 Å². The highest BCUT2D eigenvalue weighted by atomic mass is 16.1. The van der Waals surface area contributed by atoms with Crippen LogP contribution in [0.1, 0.15) is 23.4 Å². The first-order valence-electron chi connectivity index (χ1n) is 6.48. The summed E-state index contributed by atoms with van der Waals surface area (Å²) < 4.78 is 0. The average molecular weight is 256 g/mol. The molecule has 5 nitrogen and oxygen atoms in total. The van der Waals surface area contributed by atoms with Crippen molar-refractivity contribution in [1.29, 1.82) is 0 Å². The molecule has 0 radical (unpaired) electrons. The first-order chi connectivity index (χ1) is 9.22. The van der Waals surface area contributed by atoms with Gasteiger partial charge in [-0.2, -0.15) is 15.4 Å². The van der Waals surface area contributed by atoms with Crippen LogP contribution in [-0.2, 0) is 17.6 Å². The number of rotatable bonds is 2. The molecule has 19 heavy (non-hydrogen) atoms. The molecule has 0 spiro atoms. The standard InChI is InChI=1S/C14H16N4O/c1-9-2-5-11(6-3-9)15-14(19)10-4-7-12-13(8-10)17-18-16-12/h2-3,5-6,10H,4,7-8H2,1H3,(H,15,19)(H,16,17,18). The Morgan fingerprint density at radius 3 is 2.79 bits per heavy atom. The SMILES string of the molecule is Cc1ccc(NC(=O)C2CCc3n[nH]nc3C2)cc1. The van der Waals surface area contributed by atoms with Crippen molar-refractivity contribution in [3.8, 4) is 0 Å². The Bertz CT molecular complexity index is 588. The van der Waals surface area contributed by atoms with Crippen molar-refractivity contribution < 1.29 is 4.79 Å². The Morgan fingerprint density at radius 1 is 1.26 bits per heavy atom. The van der Waals surface area contributed by atoms with Crippen LogP contribution in [0.15, 0.2) is 24.3 Å². The summed E-state index contributed by atoms with van der Waals surface area (Å²) in [6, 6.07) is 7.84. The summed E-state index contributed by atoms with van der Waals surface area (Å²) >= 11 is 0. The van der Waals surface area contributed by atoms with Crippen molar-refractivity contribution in [2.45, 2.75) is 26.2 Å². The molecule has 1 aromatic heterocycles. The molecular weight excluding hydrogens is 240 g/mol. The number of aromatic nitrogens is 3. The number of carbonyl (C=O) groups excluding carboxylic acids is 1. The number of carbonyl (C=O) groups is 1. The summed E-state index contributed by atoms with van der Waals surface area (Å²) in [5.74, 6) is 0.0522. The molecule has 1 amide bonds. The van der Waals surface area contributed by atoms with Crippen LogP contribution in [0.4, 0.5) is 5.69 Å². The van der Waals surface area contributed by atoms with Crippen LogP contribution in [0.25, 0.3) is 0 Å². The van der Waals surface area contributed by atoms with Gasteiger partial charge in [-0.05, 0) is 31.9 Å². The first kappa shape index (κ1) is 11.9. The fraction of sp³-hybridized carbons (Fsp3) is 0.357. The lowest BCUT2D eigenvalue weighted by Gasteiger charge is -2.19. The Kier molecular flexibility index (Phi) is 3.03. The van der Waals surface area contributed by atoms with Crippen molar-refractivity contribution in [3.63, 3.8) is 0 Å². The van der Waals surface area contributed by atoms with E-state index in [0.717, 1.165) is 29.9 Å². The minimum absolute atomic E-state index is 0.0149. The fourth-order valence-corrected chi connectivity index (χ4v) is 2.39. The summed E-state index contributed by atoms with van der Waals surface area (Å²) in [5.41, 5.74) is 3.96. The van der Waals surface area contributed by atoms with Crippen LogP contribution in [-0.4, -0.2) is 21.3 Å². The molecule has 1 aromatic carbocycles. The molecule has 0 saturated heterocycles. The number of hydrogen-bond acceptors (Lipinski definition) is 3. The monoisotopic (exact) mass is 256 g/mol. The third-order valence-electron chi connectivity index (χ3n) is 3.56. The van der Waals surface area contributed by atoms with E-state index in [9.17, 15) is 4.79 Å². The molecule has 1 unspecified atom stereocenters. The van der Waals surface area contributed by atoms with Gasteiger partial charge in [-0.25, -0.2) is 0 Å². The minimum Gasteiger partial charge on any atom is -0.326 e. The zero-order valence-electron chi connectivity index (χ0n) is 10.8. The van der Waals surface area contributed by atoms with Gasteiger partial charge in [0.25, 0.3) is 0 Å². The second-order valence-corrected chi connectivity index (χ2v) is 5.01. The van der Waals surface area contributed by atoms with Gasteiger partial charge in [0.15, 0.2) is 0 Å². The van der Waals surface area contributed by atoms with E-state index in [-0.39, 0.29) is 11.8 Å². The zero-order valence-corrected chi connectivity index (χ0v) is 10.8. The lowest BCUT2D eigenvalue weighted by Crippen LogP contribution is -2.28. The number of benzene rings is 1. The van der Waals surface area contributed by atoms with Crippen molar-refractivity contribution in [1.82, 2.24) is 15.4 Å². The van der Waals surface area contributed by atoms with Crippen LogP contribution in [0.3, 0.4) is 0 Å². The van der Waals surface area contributed by atoms with E-state index >= 15 is 0 Å². The summed E-state index contributed by atoms with van der Waals surface area (Å²) in [5, 5.41) is 13.8. The molecule has 0 fully saturated rings. The van der Waals surface area contributed by atoms with Crippen LogP contribution in [0, 0.1) is 12.8 Å². The molecule has 2 N–H and O–H groups in total. The van der Waals surface area contributed by atoms with E-state index in [0.29, 0.717) is 6.42 Å². The number of H-pyrrole nitrogens is 1. The topological polar surface area (TPSA) is 70.7 Å². The lowest BCUT2D eigenvalue weighted by molar-refractivity contribution is -0.120. The Hall–Kier alpha value is -2.17. The van der Waals surface area contributed by atoms with Gasteiger partial charge in [0.2, 0.25) is 5.91 Å². The van der Waals surface area contributed by atoms with E-state index in [1.54, 1.807) is 0 Å². The van der Waals surface area contributed by atoms with Crippen molar-refractivity contribution in [3.05, 3.63) is 41.2 Å². The van der Waals surface area contributed by atoms with Crippen LogP contribution in [0.2, 0.25) is 0 Å². The van der Waals surface area contributed by atoms with E-state index < -0.39 is 0 Å². The Balaban J connectivity index is 1.67. The van der Waals surface area contributed by atoms with Gasteiger partial charge in [0, 0.05) is 18.0 Å².